The van der Waals surface area contributed by atoms with Crippen molar-refractivity contribution in [2.75, 3.05) is 19.6 Å². The van der Waals surface area contributed by atoms with E-state index < -0.39 is 0 Å². The average Bonchev–Trinajstić information content (AvgIpc) is 2.51. The SMILES string of the molecule is NCC1CCN(Cn2nnc3ccccc3c2=O)CC1. The van der Waals surface area contributed by atoms with Crippen molar-refractivity contribution in [2.45, 2.75) is 19.5 Å². The van der Waals surface area contributed by atoms with Gasteiger partial charge in [0.15, 0.2) is 0 Å². The molecular weight excluding hydrogens is 254 g/mol. The number of hydrogen-bond acceptors (Lipinski definition) is 5. The van der Waals surface area contributed by atoms with Crippen molar-refractivity contribution in [1.82, 2.24) is 19.9 Å². The highest BCUT2D eigenvalue weighted by Crippen LogP contribution is 2.15. The van der Waals surface area contributed by atoms with E-state index in [9.17, 15) is 4.79 Å². The molecule has 1 saturated heterocycles. The lowest BCUT2D eigenvalue weighted by Gasteiger charge is -2.30. The molecule has 6 heteroatoms. The van der Waals surface area contributed by atoms with E-state index in [0.717, 1.165) is 32.5 Å². The maximum atomic E-state index is 12.3. The first kappa shape index (κ1) is 13.2. The monoisotopic (exact) mass is 273 g/mol. The Bertz CT molecular complexity index is 645. The van der Waals surface area contributed by atoms with Crippen LogP contribution < -0.4 is 11.3 Å². The molecule has 20 heavy (non-hydrogen) atoms. The van der Waals surface area contributed by atoms with Gasteiger partial charge in [-0.05, 0) is 37.4 Å². The topological polar surface area (TPSA) is 77.0 Å². The molecule has 106 valence electrons. The minimum Gasteiger partial charge on any atom is -0.330 e. The summed E-state index contributed by atoms with van der Waals surface area (Å²) < 4.78 is 1.45. The van der Waals surface area contributed by atoms with Gasteiger partial charge in [-0.3, -0.25) is 9.69 Å². The lowest BCUT2D eigenvalue weighted by molar-refractivity contribution is 0.139. The summed E-state index contributed by atoms with van der Waals surface area (Å²) in [6, 6.07) is 7.31. The molecule has 1 fully saturated rings. The Morgan fingerprint density at radius 2 is 2.00 bits per heavy atom. The van der Waals surface area contributed by atoms with Gasteiger partial charge in [-0.1, -0.05) is 17.3 Å². The maximum absolute atomic E-state index is 12.3. The zero-order valence-corrected chi connectivity index (χ0v) is 11.4. The zero-order chi connectivity index (χ0) is 13.9. The Labute approximate surface area is 117 Å². The minimum atomic E-state index is -0.0726. The van der Waals surface area contributed by atoms with E-state index in [1.54, 1.807) is 12.1 Å². The van der Waals surface area contributed by atoms with E-state index in [1.165, 1.54) is 4.68 Å². The number of piperidine rings is 1. The third kappa shape index (κ3) is 2.57. The van der Waals surface area contributed by atoms with Gasteiger partial charge >= 0.3 is 0 Å². The number of rotatable bonds is 3. The Morgan fingerprint density at radius 3 is 2.75 bits per heavy atom. The molecule has 6 nitrogen and oxygen atoms in total. The van der Waals surface area contributed by atoms with Gasteiger partial charge in [-0.2, -0.15) is 4.68 Å². The highest BCUT2D eigenvalue weighted by molar-refractivity contribution is 5.76. The molecule has 0 unspecified atom stereocenters. The molecule has 0 amide bonds. The predicted molar refractivity (Wildman–Crippen MR) is 77.1 cm³/mol. The highest BCUT2D eigenvalue weighted by Gasteiger charge is 2.19. The fraction of sp³-hybridized carbons (Fsp3) is 0.500. The number of likely N-dealkylation sites (tertiary alicyclic amines) is 1. The molecule has 2 aromatic rings. The first-order valence-corrected chi connectivity index (χ1v) is 7.03. The number of hydrogen-bond donors (Lipinski definition) is 1. The molecule has 0 bridgehead atoms. The molecule has 1 aromatic heterocycles. The lowest BCUT2D eigenvalue weighted by Crippen LogP contribution is -2.40. The molecule has 1 aliphatic heterocycles. The number of nitrogens with two attached hydrogens (primary N) is 1. The lowest BCUT2D eigenvalue weighted by atomic mass is 9.97. The van der Waals surface area contributed by atoms with E-state index in [4.69, 9.17) is 5.73 Å². The fourth-order valence-electron chi connectivity index (χ4n) is 2.67. The summed E-state index contributed by atoms with van der Waals surface area (Å²) in [5.41, 5.74) is 6.27. The van der Waals surface area contributed by atoms with E-state index >= 15 is 0 Å². The molecule has 2 heterocycles. The van der Waals surface area contributed by atoms with Gasteiger partial charge < -0.3 is 5.73 Å². The van der Waals surface area contributed by atoms with E-state index in [1.807, 2.05) is 12.1 Å². The smallest absolute Gasteiger partial charge is 0.278 e. The third-order valence-corrected chi connectivity index (χ3v) is 4.00. The van der Waals surface area contributed by atoms with Crippen LogP contribution in [0.2, 0.25) is 0 Å². The van der Waals surface area contributed by atoms with E-state index in [-0.39, 0.29) is 5.56 Å². The summed E-state index contributed by atoms with van der Waals surface area (Å²) >= 11 is 0. The van der Waals surface area contributed by atoms with Crippen LogP contribution in [0.15, 0.2) is 29.1 Å². The van der Waals surface area contributed by atoms with Crippen molar-refractivity contribution in [2.24, 2.45) is 11.7 Å². The Kier molecular flexibility index (Phi) is 3.75. The average molecular weight is 273 g/mol. The molecule has 0 spiro atoms. The summed E-state index contributed by atoms with van der Waals surface area (Å²) in [5.74, 6) is 0.616. The number of benzene rings is 1. The van der Waals surface area contributed by atoms with Crippen LogP contribution in [0.5, 0.6) is 0 Å². The molecule has 1 aliphatic rings. The summed E-state index contributed by atoms with van der Waals surface area (Å²) in [4.78, 5) is 14.6. The van der Waals surface area contributed by atoms with Gasteiger partial charge in [-0.15, -0.1) is 5.10 Å². The first-order valence-electron chi connectivity index (χ1n) is 7.03. The largest absolute Gasteiger partial charge is 0.330 e. The van der Waals surface area contributed by atoms with Crippen LogP contribution in [0, 0.1) is 5.92 Å². The van der Waals surface area contributed by atoms with Gasteiger partial charge in [0.05, 0.1) is 12.1 Å². The van der Waals surface area contributed by atoms with Gasteiger partial charge in [-0.25, -0.2) is 0 Å². The van der Waals surface area contributed by atoms with Crippen LogP contribution in [0.1, 0.15) is 12.8 Å². The summed E-state index contributed by atoms with van der Waals surface area (Å²) in [6.07, 6.45) is 2.18. The summed E-state index contributed by atoms with van der Waals surface area (Å²) in [6.45, 7) is 3.18. The van der Waals surface area contributed by atoms with Crippen LogP contribution in [-0.2, 0) is 6.67 Å². The molecule has 3 rings (SSSR count). The Balaban J connectivity index is 1.78. The van der Waals surface area contributed by atoms with Crippen molar-refractivity contribution in [3.63, 3.8) is 0 Å². The van der Waals surface area contributed by atoms with Crippen molar-refractivity contribution in [1.29, 1.82) is 0 Å². The Morgan fingerprint density at radius 1 is 1.25 bits per heavy atom. The van der Waals surface area contributed by atoms with Crippen LogP contribution in [0.4, 0.5) is 0 Å². The van der Waals surface area contributed by atoms with Crippen LogP contribution in [0.25, 0.3) is 10.9 Å². The molecule has 0 aliphatic carbocycles. The van der Waals surface area contributed by atoms with E-state index in [2.05, 4.69) is 15.2 Å². The van der Waals surface area contributed by atoms with Gasteiger partial charge in [0, 0.05) is 13.1 Å². The van der Waals surface area contributed by atoms with Gasteiger partial charge in [0.25, 0.3) is 5.56 Å². The molecule has 2 N–H and O–H groups in total. The minimum absolute atomic E-state index is 0.0726. The second kappa shape index (κ2) is 5.68. The fourth-order valence-corrected chi connectivity index (χ4v) is 2.67. The second-order valence-corrected chi connectivity index (χ2v) is 5.35. The standard InChI is InChI=1S/C14H19N5O/c15-9-11-5-7-18(8-6-11)10-19-14(20)12-3-1-2-4-13(12)16-17-19/h1-4,11H,5-10,15H2. The summed E-state index contributed by atoms with van der Waals surface area (Å²) in [5, 5.41) is 8.76. The van der Waals surface area contributed by atoms with Gasteiger partial charge in [0.1, 0.15) is 5.52 Å². The third-order valence-electron chi connectivity index (χ3n) is 4.00. The highest BCUT2D eigenvalue weighted by atomic mass is 16.1. The van der Waals surface area contributed by atoms with Crippen LogP contribution in [0.3, 0.4) is 0 Å². The summed E-state index contributed by atoms with van der Waals surface area (Å²) in [7, 11) is 0. The van der Waals surface area contributed by atoms with Crippen molar-refractivity contribution in [3.05, 3.63) is 34.6 Å². The van der Waals surface area contributed by atoms with Crippen LogP contribution >= 0.6 is 0 Å². The molecule has 0 saturated carbocycles. The zero-order valence-electron chi connectivity index (χ0n) is 11.4. The molecule has 0 atom stereocenters. The Hall–Kier alpha value is -1.79. The number of nitrogens with zero attached hydrogens (tertiary/aromatic N) is 4. The van der Waals surface area contributed by atoms with Crippen molar-refractivity contribution in [3.8, 4) is 0 Å². The second-order valence-electron chi connectivity index (χ2n) is 5.35. The number of aromatic nitrogens is 3. The van der Waals surface area contributed by atoms with Crippen molar-refractivity contribution < 1.29 is 0 Å². The molecule has 0 radical (unpaired) electrons. The van der Waals surface area contributed by atoms with Crippen molar-refractivity contribution >= 4 is 10.9 Å². The van der Waals surface area contributed by atoms with Gasteiger partial charge in [0.2, 0.25) is 0 Å². The molecule has 1 aromatic carbocycles. The number of fused-ring (bicyclic) bond motifs is 1. The van der Waals surface area contributed by atoms with E-state index in [0.29, 0.717) is 23.5 Å². The normalized spacial score (nSPS) is 17.6. The molecular formula is C14H19N5O. The quantitative estimate of drug-likeness (QED) is 0.877. The first-order chi connectivity index (χ1) is 9.78. The van der Waals surface area contributed by atoms with Crippen LogP contribution in [-0.4, -0.2) is 39.5 Å². The predicted octanol–water partition coefficient (Wildman–Crippen LogP) is 0.420. The maximum Gasteiger partial charge on any atom is 0.278 e.